The van der Waals surface area contributed by atoms with Crippen molar-refractivity contribution in [1.29, 1.82) is 5.26 Å². The zero-order valence-electron chi connectivity index (χ0n) is 17.8. The van der Waals surface area contributed by atoms with Crippen LogP contribution in [0.5, 0.6) is 0 Å². The molecule has 166 valence electrons. The van der Waals surface area contributed by atoms with Crippen molar-refractivity contribution in [2.24, 2.45) is 0 Å². The molecule has 0 aliphatic heterocycles. The van der Waals surface area contributed by atoms with Crippen molar-refractivity contribution in [1.82, 2.24) is 14.5 Å². The first-order valence-corrected chi connectivity index (χ1v) is 11.4. The zero-order chi connectivity index (χ0) is 23.4. The fourth-order valence-electron chi connectivity index (χ4n) is 3.55. The molecule has 0 radical (unpaired) electrons. The Kier molecular flexibility index (Phi) is 6.84. The number of hydrogen-bond donors (Lipinski definition) is 1. The molecule has 7 nitrogen and oxygen atoms in total. The van der Waals surface area contributed by atoms with Gasteiger partial charge in [-0.25, -0.2) is 4.98 Å². The Morgan fingerprint density at radius 3 is 2.67 bits per heavy atom. The number of nitrogens with one attached hydrogen (secondary N) is 1. The second-order valence-electron chi connectivity index (χ2n) is 7.47. The van der Waals surface area contributed by atoms with E-state index >= 15 is 0 Å². The van der Waals surface area contributed by atoms with Crippen molar-refractivity contribution in [3.63, 3.8) is 0 Å². The molecule has 0 aliphatic carbocycles. The van der Waals surface area contributed by atoms with Gasteiger partial charge in [0.2, 0.25) is 5.91 Å². The SMILES string of the molecule is CN(CC(=O)Nc1ccccc1Cl)Cc1nc2scc(-c3ccccc3)c2c(=O)n1CC#N. The molecule has 0 saturated carbocycles. The van der Waals surface area contributed by atoms with Crippen LogP contribution in [-0.4, -0.2) is 34.0 Å². The summed E-state index contributed by atoms with van der Waals surface area (Å²) in [5, 5.41) is 15.0. The number of carbonyl (C=O) groups is 1. The highest BCUT2D eigenvalue weighted by molar-refractivity contribution is 7.17. The number of rotatable bonds is 7. The standard InChI is InChI=1S/C24H20ClN5O2S/c1-29(14-21(31)27-19-10-6-5-9-18(19)25)13-20-28-23-22(24(32)30(20)12-11-26)17(15-33-23)16-7-3-2-4-8-16/h2-10,15H,12-14H2,1H3,(H,27,31). The molecular formula is C24H20ClN5O2S. The Morgan fingerprint density at radius 1 is 1.21 bits per heavy atom. The number of hydrogen-bond acceptors (Lipinski definition) is 6. The minimum atomic E-state index is -0.259. The van der Waals surface area contributed by atoms with Crippen molar-refractivity contribution in [3.05, 3.63) is 81.2 Å². The van der Waals surface area contributed by atoms with Gasteiger partial charge in [-0.15, -0.1) is 11.3 Å². The smallest absolute Gasteiger partial charge is 0.263 e. The summed E-state index contributed by atoms with van der Waals surface area (Å²) in [5.41, 5.74) is 2.00. The number of para-hydroxylation sites is 1. The molecule has 4 aromatic rings. The lowest BCUT2D eigenvalue weighted by Gasteiger charge is -2.18. The number of nitrogens with zero attached hydrogens (tertiary/aromatic N) is 4. The van der Waals surface area contributed by atoms with Crippen LogP contribution in [0.25, 0.3) is 21.3 Å². The Hall–Kier alpha value is -3.51. The van der Waals surface area contributed by atoms with Gasteiger partial charge in [-0.2, -0.15) is 5.26 Å². The van der Waals surface area contributed by atoms with E-state index in [0.717, 1.165) is 11.1 Å². The highest BCUT2D eigenvalue weighted by atomic mass is 35.5. The lowest BCUT2D eigenvalue weighted by Crippen LogP contribution is -2.33. The van der Waals surface area contributed by atoms with Gasteiger partial charge in [-0.1, -0.05) is 54.1 Å². The predicted molar refractivity (Wildman–Crippen MR) is 131 cm³/mol. The first kappa shape index (κ1) is 22.7. The minimum absolute atomic E-state index is 0.0609. The summed E-state index contributed by atoms with van der Waals surface area (Å²) in [4.78, 5) is 32.8. The Labute approximate surface area is 199 Å². The van der Waals surface area contributed by atoms with Crippen molar-refractivity contribution in [3.8, 4) is 17.2 Å². The number of aromatic nitrogens is 2. The lowest BCUT2D eigenvalue weighted by atomic mass is 10.1. The molecule has 2 aromatic carbocycles. The second-order valence-corrected chi connectivity index (χ2v) is 8.74. The third kappa shape index (κ3) is 4.96. The minimum Gasteiger partial charge on any atom is -0.324 e. The van der Waals surface area contributed by atoms with E-state index in [0.29, 0.717) is 26.8 Å². The Balaban J connectivity index is 1.60. The van der Waals surface area contributed by atoms with E-state index in [4.69, 9.17) is 11.6 Å². The van der Waals surface area contributed by atoms with Crippen LogP contribution in [-0.2, 0) is 17.9 Å². The molecule has 0 bridgehead atoms. The summed E-state index contributed by atoms with van der Waals surface area (Å²) in [6, 6.07) is 18.7. The molecule has 0 spiro atoms. The quantitative estimate of drug-likeness (QED) is 0.426. The topological polar surface area (TPSA) is 91.0 Å². The van der Waals surface area contributed by atoms with E-state index in [1.807, 2.05) is 41.8 Å². The molecule has 2 aromatic heterocycles. The summed E-state index contributed by atoms with van der Waals surface area (Å²) < 4.78 is 1.38. The van der Waals surface area contributed by atoms with Crippen molar-refractivity contribution in [2.75, 3.05) is 18.9 Å². The normalized spacial score (nSPS) is 11.0. The third-order valence-electron chi connectivity index (χ3n) is 5.06. The lowest BCUT2D eigenvalue weighted by molar-refractivity contribution is -0.117. The fourth-order valence-corrected chi connectivity index (χ4v) is 4.69. The van der Waals surface area contributed by atoms with Crippen LogP contribution < -0.4 is 10.9 Å². The number of benzene rings is 2. The van der Waals surface area contributed by atoms with Crippen LogP contribution >= 0.6 is 22.9 Å². The highest BCUT2D eigenvalue weighted by Gasteiger charge is 2.19. The monoisotopic (exact) mass is 477 g/mol. The van der Waals surface area contributed by atoms with Gasteiger partial charge in [0.05, 0.1) is 35.3 Å². The van der Waals surface area contributed by atoms with E-state index in [1.165, 1.54) is 15.9 Å². The fraction of sp³-hybridized carbons (Fsp3) is 0.167. The van der Waals surface area contributed by atoms with E-state index in [1.54, 1.807) is 36.2 Å². The molecule has 0 fully saturated rings. The highest BCUT2D eigenvalue weighted by Crippen LogP contribution is 2.31. The molecule has 33 heavy (non-hydrogen) atoms. The number of likely N-dealkylation sites (N-methyl/N-ethyl adjacent to an activating group) is 1. The van der Waals surface area contributed by atoms with Crippen LogP contribution in [0.4, 0.5) is 5.69 Å². The summed E-state index contributed by atoms with van der Waals surface area (Å²) in [6.45, 7) is 0.160. The number of anilines is 1. The zero-order valence-corrected chi connectivity index (χ0v) is 19.4. The maximum absolute atomic E-state index is 13.3. The molecule has 1 N–H and O–H groups in total. The Morgan fingerprint density at radius 2 is 1.94 bits per heavy atom. The summed E-state index contributed by atoms with van der Waals surface area (Å²) in [6.07, 6.45) is 0. The Bertz CT molecular complexity index is 1410. The average Bonchev–Trinajstić information content (AvgIpc) is 3.22. The molecule has 2 heterocycles. The molecule has 1 amide bonds. The van der Waals surface area contributed by atoms with Gasteiger partial charge in [-0.3, -0.25) is 19.1 Å². The predicted octanol–water partition coefficient (Wildman–Crippen LogP) is 4.37. The van der Waals surface area contributed by atoms with Crippen LogP contribution in [0.2, 0.25) is 5.02 Å². The van der Waals surface area contributed by atoms with Crippen LogP contribution in [0.1, 0.15) is 5.82 Å². The van der Waals surface area contributed by atoms with Gasteiger partial charge in [0.1, 0.15) is 17.2 Å². The van der Waals surface area contributed by atoms with Gasteiger partial charge in [0, 0.05) is 10.9 Å². The third-order valence-corrected chi connectivity index (χ3v) is 6.26. The van der Waals surface area contributed by atoms with Crippen LogP contribution in [0.3, 0.4) is 0 Å². The first-order valence-electron chi connectivity index (χ1n) is 10.1. The number of carbonyl (C=O) groups excluding carboxylic acids is 1. The molecule has 0 aliphatic rings. The number of nitriles is 1. The first-order chi connectivity index (χ1) is 16.0. The number of amides is 1. The molecular weight excluding hydrogens is 458 g/mol. The molecule has 9 heteroatoms. The largest absolute Gasteiger partial charge is 0.324 e. The van der Waals surface area contributed by atoms with Crippen molar-refractivity contribution >= 4 is 44.7 Å². The molecule has 0 saturated heterocycles. The van der Waals surface area contributed by atoms with Gasteiger partial charge in [0.15, 0.2) is 0 Å². The molecule has 0 atom stereocenters. The summed E-state index contributed by atoms with van der Waals surface area (Å²) >= 11 is 7.49. The molecule has 0 unspecified atom stereocenters. The summed E-state index contributed by atoms with van der Waals surface area (Å²) in [7, 11) is 1.75. The van der Waals surface area contributed by atoms with E-state index in [-0.39, 0.29) is 31.1 Å². The van der Waals surface area contributed by atoms with Crippen LogP contribution in [0, 0.1) is 11.3 Å². The average molecular weight is 478 g/mol. The van der Waals surface area contributed by atoms with E-state index in [2.05, 4.69) is 10.3 Å². The molecule has 4 rings (SSSR count). The van der Waals surface area contributed by atoms with Crippen molar-refractivity contribution in [2.45, 2.75) is 13.1 Å². The van der Waals surface area contributed by atoms with E-state index in [9.17, 15) is 14.9 Å². The van der Waals surface area contributed by atoms with Gasteiger partial charge >= 0.3 is 0 Å². The number of fused-ring (bicyclic) bond motifs is 1. The van der Waals surface area contributed by atoms with Gasteiger partial charge in [-0.05, 0) is 24.7 Å². The van der Waals surface area contributed by atoms with Crippen LogP contribution in [0.15, 0.2) is 64.8 Å². The number of thiophene rings is 1. The van der Waals surface area contributed by atoms with Gasteiger partial charge in [0.25, 0.3) is 5.56 Å². The van der Waals surface area contributed by atoms with Gasteiger partial charge < -0.3 is 5.32 Å². The number of halogens is 1. The van der Waals surface area contributed by atoms with Crippen molar-refractivity contribution < 1.29 is 4.79 Å². The maximum Gasteiger partial charge on any atom is 0.263 e. The maximum atomic E-state index is 13.3. The van der Waals surface area contributed by atoms with E-state index < -0.39 is 0 Å². The summed E-state index contributed by atoms with van der Waals surface area (Å²) in [5.74, 6) is 0.187. The second kappa shape index (κ2) is 9.96.